The summed E-state index contributed by atoms with van der Waals surface area (Å²) in [5.41, 5.74) is 0. The Hall–Kier alpha value is -0.940. The topological polar surface area (TPSA) is 55.8 Å². The molecule has 1 saturated heterocycles. The first-order valence-electron chi connectivity index (χ1n) is 6.12. The van der Waals surface area contributed by atoms with Gasteiger partial charge in [-0.1, -0.05) is 6.92 Å². The molecule has 5 heteroatoms. The fourth-order valence-corrected chi connectivity index (χ4v) is 1.85. The summed E-state index contributed by atoms with van der Waals surface area (Å²) in [5, 5.41) is 0. The minimum absolute atomic E-state index is 0.0101. The summed E-state index contributed by atoms with van der Waals surface area (Å²) < 4.78 is 9.95. The highest BCUT2D eigenvalue weighted by atomic mass is 16.6. The van der Waals surface area contributed by atoms with E-state index < -0.39 is 0 Å². The molecule has 17 heavy (non-hydrogen) atoms. The van der Waals surface area contributed by atoms with E-state index in [0.29, 0.717) is 25.4 Å². The summed E-state index contributed by atoms with van der Waals surface area (Å²) in [6, 6.07) is 0. The van der Waals surface area contributed by atoms with Crippen molar-refractivity contribution in [2.75, 3.05) is 39.5 Å². The van der Waals surface area contributed by atoms with Gasteiger partial charge in [0.25, 0.3) is 0 Å². The molecule has 0 N–H and O–H groups in total. The smallest absolute Gasteiger partial charge is 0.332 e. The summed E-state index contributed by atoms with van der Waals surface area (Å²) in [5.74, 6) is 0.136. The van der Waals surface area contributed by atoms with E-state index in [1.54, 1.807) is 6.92 Å². The zero-order valence-corrected chi connectivity index (χ0v) is 10.6. The Kier molecular flexibility index (Phi) is 6.15. The molecule has 1 heterocycles. The molecule has 1 atom stereocenters. The highest BCUT2D eigenvalue weighted by Gasteiger charge is 2.22. The second-order valence-electron chi connectivity index (χ2n) is 4.28. The number of ketones is 1. The molecule has 1 aliphatic heterocycles. The van der Waals surface area contributed by atoms with Crippen molar-refractivity contribution in [3.63, 3.8) is 0 Å². The normalized spacial score (nSPS) is 21.5. The molecule has 1 unspecified atom stereocenters. The van der Waals surface area contributed by atoms with Crippen molar-refractivity contribution in [3.8, 4) is 0 Å². The van der Waals surface area contributed by atoms with E-state index in [0.717, 1.165) is 19.6 Å². The average molecular weight is 243 g/mol. The first-order chi connectivity index (χ1) is 8.13. The average Bonchev–Trinajstić information content (AvgIpc) is 2.29. The highest BCUT2D eigenvalue weighted by Crippen LogP contribution is 2.11. The van der Waals surface area contributed by atoms with Crippen LogP contribution in [0.1, 0.15) is 20.3 Å². The molecular weight excluding hydrogens is 222 g/mol. The molecule has 0 saturated carbocycles. The number of rotatable bonds is 6. The molecule has 0 aromatic heterocycles. The van der Waals surface area contributed by atoms with Crippen LogP contribution in [0.4, 0.5) is 0 Å². The molecule has 0 bridgehead atoms. The van der Waals surface area contributed by atoms with Crippen LogP contribution in [-0.2, 0) is 19.1 Å². The molecule has 5 nitrogen and oxygen atoms in total. The van der Waals surface area contributed by atoms with Crippen LogP contribution in [0, 0.1) is 5.92 Å². The number of nitrogens with zero attached hydrogens (tertiary/aromatic N) is 1. The maximum absolute atomic E-state index is 11.3. The van der Waals surface area contributed by atoms with Gasteiger partial charge in [0.2, 0.25) is 0 Å². The molecule has 1 aliphatic rings. The molecular formula is C12H21NO4. The van der Waals surface area contributed by atoms with Crippen molar-refractivity contribution >= 4 is 11.8 Å². The Morgan fingerprint density at radius 1 is 1.53 bits per heavy atom. The summed E-state index contributed by atoms with van der Waals surface area (Å²) >= 11 is 0. The lowest BCUT2D eigenvalue weighted by Gasteiger charge is -2.29. The summed E-state index contributed by atoms with van der Waals surface area (Å²) in [7, 11) is 0. The van der Waals surface area contributed by atoms with Gasteiger partial charge < -0.3 is 9.47 Å². The first-order valence-corrected chi connectivity index (χ1v) is 6.12. The third-order valence-electron chi connectivity index (χ3n) is 2.83. The Bertz CT molecular complexity index is 267. The Balaban J connectivity index is 2.07. The summed E-state index contributed by atoms with van der Waals surface area (Å²) in [4.78, 5) is 24.5. The van der Waals surface area contributed by atoms with Crippen LogP contribution in [0.5, 0.6) is 0 Å². The van der Waals surface area contributed by atoms with Gasteiger partial charge in [0.15, 0.2) is 0 Å². The van der Waals surface area contributed by atoms with Crippen molar-refractivity contribution in [2.24, 2.45) is 5.92 Å². The van der Waals surface area contributed by atoms with E-state index >= 15 is 0 Å². The number of carbonyl (C=O) groups excluding carboxylic acids is 2. The zero-order chi connectivity index (χ0) is 12.7. The number of carbonyl (C=O) groups is 2. The van der Waals surface area contributed by atoms with Crippen LogP contribution in [0.3, 0.4) is 0 Å². The number of esters is 1. The molecule has 0 aromatic rings. The van der Waals surface area contributed by atoms with Crippen molar-refractivity contribution < 1.29 is 19.1 Å². The van der Waals surface area contributed by atoms with Crippen LogP contribution >= 0.6 is 0 Å². The van der Waals surface area contributed by atoms with Gasteiger partial charge in [-0.25, -0.2) is 4.79 Å². The Morgan fingerprint density at radius 2 is 2.29 bits per heavy atom. The second-order valence-corrected chi connectivity index (χ2v) is 4.28. The molecule has 0 amide bonds. The zero-order valence-electron chi connectivity index (χ0n) is 10.6. The van der Waals surface area contributed by atoms with Gasteiger partial charge in [-0.3, -0.25) is 9.69 Å². The molecule has 1 fully saturated rings. The van der Waals surface area contributed by atoms with Gasteiger partial charge in [-0.15, -0.1) is 0 Å². The lowest BCUT2D eigenvalue weighted by Crippen LogP contribution is -2.41. The highest BCUT2D eigenvalue weighted by molar-refractivity contribution is 5.81. The van der Waals surface area contributed by atoms with E-state index in [1.807, 2.05) is 6.92 Å². The van der Waals surface area contributed by atoms with Gasteiger partial charge in [-0.2, -0.15) is 0 Å². The van der Waals surface area contributed by atoms with E-state index in [1.165, 1.54) is 0 Å². The Morgan fingerprint density at radius 3 is 2.94 bits per heavy atom. The molecule has 0 aliphatic carbocycles. The number of likely N-dealkylation sites (tertiary alicyclic amines) is 1. The third-order valence-corrected chi connectivity index (χ3v) is 2.83. The van der Waals surface area contributed by atoms with Crippen LogP contribution in [0.15, 0.2) is 0 Å². The van der Waals surface area contributed by atoms with Crippen molar-refractivity contribution in [2.45, 2.75) is 20.3 Å². The van der Waals surface area contributed by atoms with E-state index in [9.17, 15) is 9.59 Å². The molecule has 0 spiro atoms. The van der Waals surface area contributed by atoms with Gasteiger partial charge in [0, 0.05) is 32.0 Å². The second kappa shape index (κ2) is 7.40. The van der Waals surface area contributed by atoms with Gasteiger partial charge >= 0.3 is 5.97 Å². The number of Topliss-reactive ketones (excluding diaryl/α,β-unsaturated/α-hetero) is 1. The van der Waals surface area contributed by atoms with Gasteiger partial charge in [0.1, 0.15) is 12.4 Å². The van der Waals surface area contributed by atoms with Crippen LogP contribution in [0.2, 0.25) is 0 Å². The fraction of sp³-hybridized carbons (Fsp3) is 0.833. The number of hydrogen-bond donors (Lipinski definition) is 0. The monoisotopic (exact) mass is 243 g/mol. The predicted molar refractivity (Wildman–Crippen MR) is 62.7 cm³/mol. The lowest BCUT2D eigenvalue weighted by molar-refractivity contribution is -0.148. The minimum atomic E-state index is -0.324. The van der Waals surface area contributed by atoms with Gasteiger partial charge in [-0.05, 0) is 6.92 Å². The SMILES string of the molecule is CCOC(=O)COCCN1CCC(=O)C(C)C1. The first kappa shape index (κ1) is 14.1. The third kappa shape index (κ3) is 5.28. The molecule has 98 valence electrons. The van der Waals surface area contributed by atoms with Crippen LogP contribution in [-0.4, -0.2) is 56.1 Å². The number of hydrogen-bond acceptors (Lipinski definition) is 5. The predicted octanol–water partition coefficient (Wildman–Crippen LogP) is 0.477. The molecule has 0 radical (unpaired) electrons. The van der Waals surface area contributed by atoms with Crippen molar-refractivity contribution in [3.05, 3.63) is 0 Å². The summed E-state index contributed by atoms with van der Waals surface area (Å²) in [6.45, 7) is 6.96. The number of piperidine rings is 1. The van der Waals surface area contributed by atoms with E-state index in [-0.39, 0.29) is 18.5 Å². The van der Waals surface area contributed by atoms with E-state index in [4.69, 9.17) is 9.47 Å². The maximum atomic E-state index is 11.3. The van der Waals surface area contributed by atoms with E-state index in [2.05, 4.69) is 4.90 Å². The van der Waals surface area contributed by atoms with Gasteiger partial charge in [0.05, 0.1) is 13.2 Å². The minimum Gasteiger partial charge on any atom is -0.464 e. The molecule has 1 rings (SSSR count). The lowest BCUT2D eigenvalue weighted by atomic mass is 9.99. The molecule has 0 aromatic carbocycles. The Labute approximate surface area is 102 Å². The van der Waals surface area contributed by atoms with Crippen LogP contribution < -0.4 is 0 Å². The maximum Gasteiger partial charge on any atom is 0.332 e. The summed E-state index contributed by atoms with van der Waals surface area (Å²) in [6.07, 6.45) is 0.624. The van der Waals surface area contributed by atoms with Crippen molar-refractivity contribution in [1.29, 1.82) is 0 Å². The largest absolute Gasteiger partial charge is 0.464 e. The van der Waals surface area contributed by atoms with Crippen molar-refractivity contribution in [1.82, 2.24) is 4.90 Å². The fourth-order valence-electron chi connectivity index (χ4n) is 1.85. The number of ether oxygens (including phenoxy) is 2. The standard InChI is InChI=1S/C12H21NO4/c1-3-17-12(15)9-16-7-6-13-5-4-11(14)10(2)8-13/h10H,3-9H2,1-2H3. The van der Waals surface area contributed by atoms with Crippen LogP contribution in [0.25, 0.3) is 0 Å². The quantitative estimate of drug-likeness (QED) is 0.501.